The number of rotatable bonds is 5. The second-order valence-corrected chi connectivity index (χ2v) is 5.93. The van der Waals surface area contributed by atoms with Crippen molar-refractivity contribution in [2.75, 3.05) is 17.8 Å². The summed E-state index contributed by atoms with van der Waals surface area (Å²) in [5.41, 5.74) is 6.53. The summed E-state index contributed by atoms with van der Waals surface area (Å²) in [6.07, 6.45) is 0.746. The molecular weight excluding hydrogens is 341 g/mol. The van der Waals surface area contributed by atoms with E-state index in [4.69, 9.17) is 34.8 Å². The number of nitrogens with one attached hydrogen (secondary N) is 2. The molecule has 22 heavy (non-hydrogen) atoms. The van der Waals surface area contributed by atoms with Crippen LogP contribution in [-0.4, -0.2) is 12.8 Å². The Morgan fingerprint density at radius 2 is 1.68 bits per heavy atom. The van der Waals surface area contributed by atoms with Crippen molar-refractivity contribution < 1.29 is 0 Å². The zero-order valence-electron chi connectivity index (χ0n) is 12.3. The standard InChI is InChI=1S/C16H16Cl3N3/c1-3-15(14-9-10(17)4-5-16(14)20-2)22-21-13-7-11(18)6-12(19)8-13/h4-9,20-21H,3H2,1-2H3/b22-15-. The van der Waals surface area contributed by atoms with E-state index < -0.39 is 0 Å². The fourth-order valence-electron chi connectivity index (χ4n) is 2.05. The van der Waals surface area contributed by atoms with E-state index in [0.29, 0.717) is 15.1 Å². The number of hydrazone groups is 1. The van der Waals surface area contributed by atoms with Gasteiger partial charge in [0.05, 0.1) is 11.4 Å². The van der Waals surface area contributed by atoms with Crippen molar-refractivity contribution >= 4 is 51.9 Å². The van der Waals surface area contributed by atoms with E-state index in [9.17, 15) is 0 Å². The molecule has 0 unspecified atom stereocenters. The van der Waals surface area contributed by atoms with Crippen molar-refractivity contribution in [3.63, 3.8) is 0 Å². The summed E-state index contributed by atoms with van der Waals surface area (Å²) in [5.74, 6) is 0. The maximum absolute atomic E-state index is 6.10. The van der Waals surface area contributed by atoms with Crippen LogP contribution in [0.1, 0.15) is 18.9 Å². The number of nitrogens with zero attached hydrogens (tertiary/aromatic N) is 1. The first-order valence-electron chi connectivity index (χ1n) is 6.79. The molecule has 0 aliphatic rings. The van der Waals surface area contributed by atoms with Crippen molar-refractivity contribution in [3.8, 4) is 0 Å². The molecule has 0 aliphatic carbocycles. The highest BCUT2D eigenvalue weighted by Gasteiger charge is 2.08. The molecule has 0 radical (unpaired) electrons. The molecule has 0 aliphatic heterocycles. The lowest BCUT2D eigenvalue weighted by Crippen LogP contribution is -2.07. The average Bonchev–Trinajstić information content (AvgIpc) is 2.47. The van der Waals surface area contributed by atoms with Crippen molar-refractivity contribution in [1.82, 2.24) is 0 Å². The van der Waals surface area contributed by atoms with Gasteiger partial charge in [-0.25, -0.2) is 0 Å². The third-order valence-electron chi connectivity index (χ3n) is 3.08. The van der Waals surface area contributed by atoms with Crippen LogP contribution >= 0.6 is 34.8 Å². The zero-order valence-corrected chi connectivity index (χ0v) is 14.5. The molecule has 2 rings (SSSR count). The molecule has 3 nitrogen and oxygen atoms in total. The van der Waals surface area contributed by atoms with Crippen LogP contribution in [0.5, 0.6) is 0 Å². The van der Waals surface area contributed by atoms with Gasteiger partial charge in [-0.05, 0) is 42.8 Å². The fourth-order valence-corrected chi connectivity index (χ4v) is 2.75. The van der Waals surface area contributed by atoms with Crippen molar-refractivity contribution in [3.05, 3.63) is 57.0 Å². The van der Waals surface area contributed by atoms with Gasteiger partial charge in [0.15, 0.2) is 0 Å². The number of hydrogen-bond acceptors (Lipinski definition) is 3. The Hall–Kier alpha value is -1.42. The molecule has 0 saturated heterocycles. The minimum atomic E-state index is 0.557. The molecule has 0 fully saturated rings. The van der Waals surface area contributed by atoms with Crippen LogP contribution in [0.4, 0.5) is 11.4 Å². The number of benzene rings is 2. The Bertz CT molecular complexity index is 679. The first kappa shape index (κ1) is 16.9. The van der Waals surface area contributed by atoms with Gasteiger partial charge in [0.2, 0.25) is 0 Å². The molecule has 0 aromatic heterocycles. The third-order valence-corrected chi connectivity index (χ3v) is 3.75. The first-order chi connectivity index (χ1) is 10.5. The Balaban J connectivity index is 2.33. The van der Waals surface area contributed by atoms with Crippen LogP contribution in [-0.2, 0) is 0 Å². The summed E-state index contributed by atoms with van der Waals surface area (Å²) in [7, 11) is 1.87. The predicted octanol–water partition coefficient (Wildman–Crippen LogP) is 5.91. The topological polar surface area (TPSA) is 36.4 Å². The van der Waals surface area contributed by atoms with Crippen molar-refractivity contribution in [2.24, 2.45) is 5.10 Å². The van der Waals surface area contributed by atoms with E-state index in [2.05, 4.69) is 15.8 Å². The van der Waals surface area contributed by atoms with Gasteiger partial charge < -0.3 is 5.32 Å². The zero-order chi connectivity index (χ0) is 16.1. The third kappa shape index (κ3) is 4.29. The van der Waals surface area contributed by atoms with Crippen LogP contribution in [0.2, 0.25) is 15.1 Å². The van der Waals surface area contributed by atoms with E-state index in [1.54, 1.807) is 18.2 Å². The van der Waals surface area contributed by atoms with Gasteiger partial charge in [0, 0.05) is 33.4 Å². The van der Waals surface area contributed by atoms with Crippen LogP contribution in [0.15, 0.2) is 41.5 Å². The normalized spacial score (nSPS) is 11.4. The van der Waals surface area contributed by atoms with E-state index in [-0.39, 0.29) is 0 Å². The monoisotopic (exact) mass is 355 g/mol. The van der Waals surface area contributed by atoms with Crippen molar-refractivity contribution in [2.45, 2.75) is 13.3 Å². The predicted molar refractivity (Wildman–Crippen MR) is 97.9 cm³/mol. The molecule has 0 bridgehead atoms. The Labute approximate surface area is 145 Å². The highest BCUT2D eigenvalue weighted by molar-refractivity contribution is 6.35. The molecular formula is C16H16Cl3N3. The summed E-state index contributed by atoms with van der Waals surface area (Å²) in [5, 5.41) is 9.39. The molecule has 0 atom stereocenters. The molecule has 0 saturated carbocycles. The van der Waals surface area contributed by atoms with Crippen LogP contribution in [0.25, 0.3) is 0 Å². The smallest absolute Gasteiger partial charge is 0.0697 e. The summed E-state index contributed by atoms with van der Waals surface area (Å²) in [6, 6.07) is 10.9. The van der Waals surface area contributed by atoms with Crippen molar-refractivity contribution in [1.29, 1.82) is 0 Å². The molecule has 116 valence electrons. The van der Waals surface area contributed by atoms with Gasteiger partial charge in [-0.2, -0.15) is 5.10 Å². The van der Waals surface area contributed by atoms with Gasteiger partial charge in [-0.1, -0.05) is 41.7 Å². The SMILES string of the molecule is CC/C(=N/Nc1cc(Cl)cc(Cl)c1)c1cc(Cl)ccc1NC. The maximum atomic E-state index is 6.10. The first-order valence-corrected chi connectivity index (χ1v) is 7.93. The van der Waals surface area contributed by atoms with Gasteiger partial charge in [0.25, 0.3) is 0 Å². The minimum Gasteiger partial charge on any atom is -0.388 e. The Kier molecular flexibility index (Phi) is 5.95. The molecule has 0 heterocycles. The second-order valence-electron chi connectivity index (χ2n) is 4.62. The lowest BCUT2D eigenvalue weighted by molar-refractivity contribution is 1.22. The van der Waals surface area contributed by atoms with Gasteiger partial charge in [-0.15, -0.1) is 0 Å². The van der Waals surface area contributed by atoms with Crippen LogP contribution in [0, 0.1) is 0 Å². The lowest BCUT2D eigenvalue weighted by Gasteiger charge is -2.12. The van der Waals surface area contributed by atoms with Gasteiger partial charge in [-0.3, -0.25) is 5.43 Å². The summed E-state index contributed by atoms with van der Waals surface area (Å²) in [4.78, 5) is 0. The van der Waals surface area contributed by atoms with E-state index in [1.807, 2.05) is 32.2 Å². The average molecular weight is 357 g/mol. The highest BCUT2D eigenvalue weighted by Crippen LogP contribution is 2.24. The van der Waals surface area contributed by atoms with Gasteiger partial charge >= 0.3 is 0 Å². The number of anilines is 2. The summed E-state index contributed by atoms with van der Waals surface area (Å²) < 4.78 is 0. The quantitative estimate of drug-likeness (QED) is 0.515. The minimum absolute atomic E-state index is 0.557. The Morgan fingerprint density at radius 1 is 1.00 bits per heavy atom. The number of halogens is 3. The van der Waals surface area contributed by atoms with Crippen LogP contribution in [0.3, 0.4) is 0 Å². The number of hydrogen-bond donors (Lipinski definition) is 2. The Morgan fingerprint density at radius 3 is 2.27 bits per heavy atom. The van der Waals surface area contributed by atoms with Gasteiger partial charge in [0.1, 0.15) is 0 Å². The molecule has 0 amide bonds. The summed E-state index contributed by atoms with van der Waals surface area (Å²) >= 11 is 18.1. The highest BCUT2D eigenvalue weighted by atomic mass is 35.5. The van der Waals surface area contributed by atoms with Crippen LogP contribution < -0.4 is 10.7 Å². The lowest BCUT2D eigenvalue weighted by atomic mass is 10.1. The van der Waals surface area contributed by atoms with E-state index >= 15 is 0 Å². The van der Waals surface area contributed by atoms with E-state index in [0.717, 1.165) is 29.1 Å². The fraction of sp³-hybridized carbons (Fsp3) is 0.188. The molecule has 2 N–H and O–H groups in total. The molecule has 2 aromatic rings. The second kappa shape index (κ2) is 7.73. The largest absolute Gasteiger partial charge is 0.388 e. The van der Waals surface area contributed by atoms with E-state index in [1.165, 1.54) is 0 Å². The molecule has 6 heteroatoms. The summed E-state index contributed by atoms with van der Waals surface area (Å²) in [6.45, 7) is 2.03. The molecule has 0 spiro atoms. The molecule has 2 aromatic carbocycles. The maximum Gasteiger partial charge on any atom is 0.0697 e.